The van der Waals surface area contributed by atoms with Gasteiger partial charge in [0.15, 0.2) is 23.3 Å². The number of nitrogens with one attached hydrogen (secondary N) is 1. The van der Waals surface area contributed by atoms with Gasteiger partial charge in [0.25, 0.3) is 0 Å². The van der Waals surface area contributed by atoms with Gasteiger partial charge in [0.1, 0.15) is 0 Å². The second-order valence-electron chi connectivity index (χ2n) is 4.81. The monoisotopic (exact) mass is 306 g/mol. The van der Waals surface area contributed by atoms with E-state index in [1.165, 1.54) is 6.08 Å². The molecular formula is C14H15F5N2. The van der Waals surface area contributed by atoms with Crippen LogP contribution in [0.5, 0.6) is 0 Å². The van der Waals surface area contributed by atoms with E-state index in [1.54, 1.807) is 4.90 Å². The van der Waals surface area contributed by atoms with Crippen LogP contribution in [0.1, 0.15) is 18.0 Å². The molecule has 116 valence electrons. The molecule has 2 rings (SSSR count). The summed E-state index contributed by atoms with van der Waals surface area (Å²) in [6.45, 7) is 5.58. The van der Waals surface area contributed by atoms with Crippen molar-refractivity contribution in [2.75, 3.05) is 26.2 Å². The fraction of sp³-hybridized carbons (Fsp3) is 0.429. The largest absolute Gasteiger partial charge is 0.314 e. The quantitative estimate of drug-likeness (QED) is 0.398. The summed E-state index contributed by atoms with van der Waals surface area (Å²) in [5, 5.41) is 3.06. The number of benzene rings is 1. The second-order valence-corrected chi connectivity index (χ2v) is 4.81. The molecule has 0 unspecified atom stereocenters. The molecule has 0 radical (unpaired) electrons. The fourth-order valence-electron chi connectivity index (χ4n) is 2.52. The molecule has 1 N–H and O–H groups in total. The molecule has 1 aromatic carbocycles. The van der Waals surface area contributed by atoms with Gasteiger partial charge in [-0.15, -0.1) is 6.58 Å². The molecule has 1 heterocycles. The minimum atomic E-state index is -2.13. The van der Waals surface area contributed by atoms with Gasteiger partial charge < -0.3 is 5.32 Å². The molecule has 0 aliphatic carbocycles. The summed E-state index contributed by atoms with van der Waals surface area (Å²) >= 11 is 0. The number of hydrogen-bond donors (Lipinski definition) is 1. The molecule has 0 bridgehead atoms. The third-order valence-electron chi connectivity index (χ3n) is 3.56. The zero-order chi connectivity index (χ0) is 15.6. The summed E-state index contributed by atoms with van der Waals surface area (Å²) in [5.74, 6) is -9.49. The van der Waals surface area contributed by atoms with Crippen LogP contribution >= 0.6 is 0 Å². The number of halogens is 5. The van der Waals surface area contributed by atoms with E-state index in [9.17, 15) is 22.0 Å². The van der Waals surface area contributed by atoms with E-state index < -0.39 is 40.7 Å². The van der Waals surface area contributed by atoms with Crippen LogP contribution in [0.2, 0.25) is 0 Å². The third kappa shape index (κ3) is 2.94. The Hall–Kier alpha value is -1.47. The fourth-order valence-corrected chi connectivity index (χ4v) is 2.52. The SMILES string of the molecule is C=CC[C@@H](c1c(F)c(F)c(F)c(F)c1F)N1CCNCC1. The number of hydrogen-bond acceptors (Lipinski definition) is 2. The van der Waals surface area contributed by atoms with Crippen LogP contribution in [-0.2, 0) is 0 Å². The van der Waals surface area contributed by atoms with Gasteiger partial charge in [-0.05, 0) is 6.42 Å². The van der Waals surface area contributed by atoms with Crippen LogP contribution in [0.4, 0.5) is 22.0 Å². The van der Waals surface area contributed by atoms with Crippen molar-refractivity contribution in [3.05, 3.63) is 47.3 Å². The van der Waals surface area contributed by atoms with Gasteiger partial charge in [-0.1, -0.05) is 6.08 Å². The predicted molar refractivity (Wildman–Crippen MR) is 68.2 cm³/mol. The highest BCUT2D eigenvalue weighted by molar-refractivity contribution is 5.28. The van der Waals surface area contributed by atoms with Crippen molar-refractivity contribution >= 4 is 0 Å². The highest BCUT2D eigenvalue weighted by Gasteiger charge is 2.33. The third-order valence-corrected chi connectivity index (χ3v) is 3.56. The van der Waals surface area contributed by atoms with E-state index in [4.69, 9.17) is 0 Å². The highest BCUT2D eigenvalue weighted by Crippen LogP contribution is 2.33. The molecule has 1 aliphatic rings. The lowest BCUT2D eigenvalue weighted by Crippen LogP contribution is -2.45. The van der Waals surface area contributed by atoms with Gasteiger partial charge in [0.05, 0.1) is 0 Å². The van der Waals surface area contributed by atoms with Gasteiger partial charge in [-0.3, -0.25) is 4.90 Å². The van der Waals surface area contributed by atoms with Gasteiger partial charge in [-0.2, -0.15) is 0 Å². The Kier molecular flexibility index (Phi) is 4.95. The maximum atomic E-state index is 13.9. The first-order chi connectivity index (χ1) is 9.99. The number of nitrogens with zero attached hydrogens (tertiary/aromatic N) is 1. The van der Waals surface area contributed by atoms with E-state index in [0.717, 1.165) is 0 Å². The molecule has 0 amide bonds. The van der Waals surface area contributed by atoms with Crippen molar-refractivity contribution in [2.45, 2.75) is 12.5 Å². The molecule has 0 aromatic heterocycles. The maximum Gasteiger partial charge on any atom is 0.200 e. The molecule has 2 nitrogen and oxygen atoms in total. The van der Waals surface area contributed by atoms with Gasteiger partial charge in [0, 0.05) is 37.8 Å². The van der Waals surface area contributed by atoms with Crippen LogP contribution in [0.15, 0.2) is 12.7 Å². The van der Waals surface area contributed by atoms with E-state index in [2.05, 4.69) is 11.9 Å². The molecule has 21 heavy (non-hydrogen) atoms. The standard InChI is InChI=1S/C14H15F5N2/c1-2-3-8(21-6-4-20-5-7-21)9-10(15)12(17)14(19)13(18)11(9)16/h2,8,20H,1,3-7H2/t8-/m0/s1. The molecule has 0 saturated carbocycles. The van der Waals surface area contributed by atoms with Crippen LogP contribution in [0.25, 0.3) is 0 Å². The molecule has 1 saturated heterocycles. The number of piperazine rings is 1. The lowest BCUT2D eigenvalue weighted by atomic mass is 9.99. The van der Waals surface area contributed by atoms with Crippen molar-refractivity contribution in [1.82, 2.24) is 10.2 Å². The first-order valence-corrected chi connectivity index (χ1v) is 6.56. The minimum absolute atomic E-state index is 0.0956. The molecule has 1 fully saturated rings. The van der Waals surface area contributed by atoms with E-state index in [-0.39, 0.29) is 6.42 Å². The Morgan fingerprint density at radius 3 is 1.90 bits per heavy atom. The molecule has 1 aliphatic heterocycles. The Balaban J connectivity index is 2.51. The summed E-state index contributed by atoms with van der Waals surface area (Å²) in [4.78, 5) is 1.69. The van der Waals surface area contributed by atoms with Crippen molar-refractivity contribution in [3.8, 4) is 0 Å². The van der Waals surface area contributed by atoms with Crippen LogP contribution in [-0.4, -0.2) is 31.1 Å². The lowest BCUT2D eigenvalue weighted by Gasteiger charge is -2.35. The second kappa shape index (κ2) is 6.53. The Bertz CT molecular complexity index is 512. The first-order valence-electron chi connectivity index (χ1n) is 6.56. The first kappa shape index (κ1) is 15.9. The lowest BCUT2D eigenvalue weighted by molar-refractivity contribution is 0.165. The molecular weight excluding hydrogens is 291 g/mol. The Morgan fingerprint density at radius 1 is 0.952 bits per heavy atom. The van der Waals surface area contributed by atoms with Gasteiger partial charge >= 0.3 is 0 Å². The molecule has 1 aromatic rings. The average Bonchev–Trinajstić information content (AvgIpc) is 2.51. The maximum absolute atomic E-state index is 13.9. The average molecular weight is 306 g/mol. The normalized spacial score (nSPS) is 17.8. The van der Waals surface area contributed by atoms with E-state index in [0.29, 0.717) is 26.2 Å². The zero-order valence-electron chi connectivity index (χ0n) is 11.2. The molecule has 1 atom stereocenters. The van der Waals surface area contributed by atoms with Crippen molar-refractivity contribution in [2.24, 2.45) is 0 Å². The Morgan fingerprint density at radius 2 is 1.43 bits per heavy atom. The molecule has 0 spiro atoms. The summed E-state index contributed by atoms with van der Waals surface area (Å²) in [7, 11) is 0. The predicted octanol–water partition coefficient (Wildman–Crippen LogP) is 2.90. The topological polar surface area (TPSA) is 15.3 Å². The van der Waals surface area contributed by atoms with Crippen LogP contribution in [0, 0.1) is 29.1 Å². The van der Waals surface area contributed by atoms with E-state index in [1.807, 2.05) is 0 Å². The molecule has 7 heteroatoms. The van der Waals surface area contributed by atoms with Crippen molar-refractivity contribution in [3.63, 3.8) is 0 Å². The number of rotatable bonds is 4. The zero-order valence-corrected chi connectivity index (χ0v) is 11.2. The highest BCUT2D eigenvalue weighted by atomic mass is 19.2. The van der Waals surface area contributed by atoms with Gasteiger partial charge in [0.2, 0.25) is 5.82 Å². The van der Waals surface area contributed by atoms with Crippen LogP contribution in [0.3, 0.4) is 0 Å². The summed E-state index contributed by atoms with van der Waals surface area (Å²) in [5.41, 5.74) is -0.784. The smallest absolute Gasteiger partial charge is 0.200 e. The van der Waals surface area contributed by atoms with E-state index >= 15 is 0 Å². The summed E-state index contributed by atoms with van der Waals surface area (Å²) in [6.07, 6.45) is 1.50. The van der Waals surface area contributed by atoms with Crippen LogP contribution < -0.4 is 5.32 Å². The summed E-state index contributed by atoms with van der Waals surface area (Å²) in [6, 6.07) is -0.922. The Labute approximate surface area is 119 Å². The summed E-state index contributed by atoms with van der Waals surface area (Å²) < 4.78 is 67.7. The van der Waals surface area contributed by atoms with Crippen molar-refractivity contribution in [1.29, 1.82) is 0 Å². The van der Waals surface area contributed by atoms with Gasteiger partial charge in [-0.25, -0.2) is 22.0 Å². The van der Waals surface area contributed by atoms with Crippen molar-refractivity contribution < 1.29 is 22.0 Å². The minimum Gasteiger partial charge on any atom is -0.314 e.